The van der Waals surface area contributed by atoms with E-state index in [9.17, 15) is 9.90 Å². The molecule has 5 heteroatoms. The van der Waals surface area contributed by atoms with Crippen molar-refractivity contribution in [1.29, 1.82) is 0 Å². The molecule has 1 amide bonds. The second-order valence-corrected chi connectivity index (χ2v) is 5.17. The van der Waals surface area contributed by atoms with E-state index in [4.69, 9.17) is 4.74 Å². The molecule has 2 unspecified atom stereocenters. The van der Waals surface area contributed by atoms with Crippen molar-refractivity contribution in [1.82, 2.24) is 10.3 Å². The average Bonchev–Trinajstić information content (AvgIpc) is 2.26. The quantitative estimate of drug-likeness (QED) is 0.863. The lowest BCUT2D eigenvalue weighted by atomic mass is 10.1. The van der Waals surface area contributed by atoms with Crippen molar-refractivity contribution in [3.8, 4) is 0 Å². The van der Waals surface area contributed by atoms with E-state index in [1.807, 2.05) is 0 Å². The normalized spacial score (nSPS) is 14.7. The Kier molecular flexibility index (Phi) is 4.67. The summed E-state index contributed by atoms with van der Waals surface area (Å²) in [6.45, 7) is 7.07. The van der Waals surface area contributed by atoms with Crippen LogP contribution in [-0.4, -0.2) is 27.8 Å². The van der Waals surface area contributed by atoms with E-state index >= 15 is 0 Å². The van der Waals surface area contributed by atoms with Gasteiger partial charge in [-0.25, -0.2) is 4.79 Å². The molecule has 2 N–H and O–H groups in total. The molecule has 0 aliphatic rings. The summed E-state index contributed by atoms with van der Waals surface area (Å²) in [6.07, 6.45) is 1.84. The average molecular weight is 252 g/mol. The summed E-state index contributed by atoms with van der Waals surface area (Å²) in [6, 6.07) is 3.04. The number of rotatable bonds is 3. The zero-order valence-electron chi connectivity index (χ0n) is 11.2. The number of nitrogens with one attached hydrogen (secondary N) is 1. The predicted octanol–water partition coefficient (Wildman–Crippen LogP) is 2.03. The van der Waals surface area contributed by atoms with Crippen molar-refractivity contribution in [2.75, 3.05) is 0 Å². The summed E-state index contributed by atoms with van der Waals surface area (Å²) in [7, 11) is 0. The van der Waals surface area contributed by atoms with E-state index in [2.05, 4.69) is 10.3 Å². The molecular weight excluding hydrogens is 232 g/mol. The molecule has 1 heterocycles. The maximum atomic E-state index is 11.5. The lowest BCUT2D eigenvalue weighted by molar-refractivity contribution is 0.0435. The molecule has 5 nitrogen and oxygen atoms in total. The fourth-order valence-electron chi connectivity index (χ4n) is 1.41. The summed E-state index contributed by atoms with van der Waals surface area (Å²) in [4.78, 5) is 15.5. The number of carbonyl (C=O) groups excluding carboxylic acids is 1. The maximum Gasteiger partial charge on any atom is 0.407 e. The van der Waals surface area contributed by atoms with E-state index in [1.165, 1.54) is 0 Å². The highest BCUT2D eigenvalue weighted by atomic mass is 16.6. The number of hydrogen-bond acceptors (Lipinski definition) is 4. The molecule has 0 aliphatic carbocycles. The van der Waals surface area contributed by atoms with Gasteiger partial charge in [0.1, 0.15) is 11.7 Å². The molecule has 0 bridgehead atoms. The largest absolute Gasteiger partial charge is 0.444 e. The van der Waals surface area contributed by atoms with Crippen LogP contribution < -0.4 is 5.32 Å². The van der Waals surface area contributed by atoms with Gasteiger partial charge in [-0.05, 0) is 33.8 Å². The summed E-state index contributed by atoms with van der Waals surface area (Å²) in [5.41, 5.74) is 0.101. The van der Waals surface area contributed by atoms with E-state index in [1.54, 1.807) is 52.2 Å². The van der Waals surface area contributed by atoms with Gasteiger partial charge in [0, 0.05) is 18.0 Å². The van der Waals surface area contributed by atoms with Crippen LogP contribution in [-0.2, 0) is 4.74 Å². The summed E-state index contributed by atoms with van der Waals surface area (Å²) >= 11 is 0. The number of alkyl carbamates (subject to hydrolysis) is 1. The van der Waals surface area contributed by atoms with Crippen LogP contribution in [0.4, 0.5) is 4.79 Å². The van der Waals surface area contributed by atoms with Crippen LogP contribution in [0.25, 0.3) is 0 Å². The Balaban J connectivity index is 2.55. The second kappa shape index (κ2) is 5.82. The predicted molar refractivity (Wildman–Crippen MR) is 68.0 cm³/mol. The van der Waals surface area contributed by atoms with Crippen LogP contribution in [0.2, 0.25) is 0 Å². The highest BCUT2D eigenvalue weighted by Crippen LogP contribution is 2.15. The van der Waals surface area contributed by atoms with Crippen molar-refractivity contribution in [3.05, 3.63) is 30.1 Å². The zero-order chi connectivity index (χ0) is 13.8. The summed E-state index contributed by atoms with van der Waals surface area (Å²) in [5, 5.41) is 12.6. The Bertz CT molecular complexity index is 387. The van der Waals surface area contributed by atoms with E-state index in [0.717, 1.165) is 0 Å². The number of hydrogen-bond donors (Lipinski definition) is 2. The molecule has 0 saturated carbocycles. The number of amides is 1. The monoisotopic (exact) mass is 252 g/mol. The molecule has 1 rings (SSSR count). The summed E-state index contributed by atoms with van der Waals surface area (Å²) < 4.78 is 5.12. The Morgan fingerprint density at radius 1 is 1.50 bits per heavy atom. The van der Waals surface area contributed by atoms with Crippen molar-refractivity contribution < 1.29 is 14.6 Å². The number of carbonyl (C=O) groups is 1. The van der Waals surface area contributed by atoms with Crippen LogP contribution in [0.3, 0.4) is 0 Å². The fraction of sp³-hybridized carbons (Fsp3) is 0.538. The number of aliphatic hydroxyl groups excluding tert-OH is 1. The van der Waals surface area contributed by atoms with Gasteiger partial charge in [0.2, 0.25) is 0 Å². The molecule has 18 heavy (non-hydrogen) atoms. The van der Waals surface area contributed by atoms with Gasteiger partial charge in [0.15, 0.2) is 0 Å². The molecule has 0 aliphatic heterocycles. The molecule has 0 saturated heterocycles. The number of ether oxygens (including phenoxy) is 1. The zero-order valence-corrected chi connectivity index (χ0v) is 11.2. The Hall–Kier alpha value is -1.62. The van der Waals surface area contributed by atoms with Crippen molar-refractivity contribution >= 4 is 6.09 Å². The van der Waals surface area contributed by atoms with Crippen LogP contribution in [0.15, 0.2) is 24.5 Å². The van der Waals surface area contributed by atoms with Gasteiger partial charge in [-0.2, -0.15) is 0 Å². The highest BCUT2D eigenvalue weighted by molar-refractivity contribution is 5.68. The lowest BCUT2D eigenvalue weighted by Gasteiger charge is -2.24. The smallest absolute Gasteiger partial charge is 0.407 e. The van der Waals surface area contributed by atoms with E-state index in [-0.39, 0.29) is 0 Å². The molecule has 0 spiro atoms. The first kappa shape index (κ1) is 14.4. The topological polar surface area (TPSA) is 71.5 Å². The molecule has 0 radical (unpaired) electrons. The number of nitrogens with zero attached hydrogens (tertiary/aromatic N) is 1. The minimum Gasteiger partial charge on any atom is -0.444 e. The Labute approximate surface area is 107 Å². The minimum absolute atomic E-state index is 0.455. The van der Waals surface area contributed by atoms with Gasteiger partial charge >= 0.3 is 6.09 Å². The van der Waals surface area contributed by atoms with Crippen LogP contribution in [0.1, 0.15) is 39.4 Å². The fourth-order valence-corrected chi connectivity index (χ4v) is 1.41. The number of aromatic nitrogens is 1. The van der Waals surface area contributed by atoms with E-state index < -0.39 is 23.8 Å². The molecule has 0 aromatic carbocycles. The van der Waals surface area contributed by atoms with Gasteiger partial charge in [-0.3, -0.25) is 4.98 Å². The first-order valence-electron chi connectivity index (χ1n) is 5.87. The third-order valence-corrected chi connectivity index (χ3v) is 2.24. The minimum atomic E-state index is -0.814. The standard InChI is InChI=1S/C13H20N2O3/c1-9(15-12(17)18-13(2,3)4)11(16)10-6-5-7-14-8-10/h5-9,11,16H,1-4H3,(H,15,17). The highest BCUT2D eigenvalue weighted by Gasteiger charge is 2.22. The first-order chi connectivity index (χ1) is 8.29. The molecule has 2 atom stereocenters. The molecular formula is C13H20N2O3. The lowest BCUT2D eigenvalue weighted by Crippen LogP contribution is -2.40. The molecule has 1 aromatic rings. The third-order valence-electron chi connectivity index (χ3n) is 2.24. The molecule has 0 fully saturated rings. The van der Waals surface area contributed by atoms with Gasteiger partial charge in [0.25, 0.3) is 0 Å². The molecule has 1 aromatic heterocycles. The summed E-state index contributed by atoms with van der Waals surface area (Å²) in [5.74, 6) is 0. The van der Waals surface area contributed by atoms with Gasteiger partial charge in [-0.1, -0.05) is 6.07 Å². The van der Waals surface area contributed by atoms with Gasteiger partial charge in [-0.15, -0.1) is 0 Å². The van der Waals surface area contributed by atoms with E-state index in [0.29, 0.717) is 5.56 Å². The van der Waals surface area contributed by atoms with Crippen LogP contribution in [0.5, 0.6) is 0 Å². The number of aliphatic hydroxyl groups is 1. The first-order valence-corrected chi connectivity index (χ1v) is 5.87. The van der Waals surface area contributed by atoms with Gasteiger partial charge < -0.3 is 15.2 Å². The van der Waals surface area contributed by atoms with Crippen LogP contribution >= 0.6 is 0 Å². The van der Waals surface area contributed by atoms with Gasteiger partial charge in [0.05, 0.1) is 6.04 Å². The SMILES string of the molecule is CC(NC(=O)OC(C)(C)C)C(O)c1cccnc1. The van der Waals surface area contributed by atoms with Crippen molar-refractivity contribution in [2.24, 2.45) is 0 Å². The Morgan fingerprint density at radius 2 is 2.17 bits per heavy atom. The van der Waals surface area contributed by atoms with Crippen LogP contribution in [0, 0.1) is 0 Å². The Morgan fingerprint density at radius 3 is 2.67 bits per heavy atom. The number of pyridine rings is 1. The third kappa shape index (κ3) is 4.71. The second-order valence-electron chi connectivity index (χ2n) is 5.17. The maximum absolute atomic E-state index is 11.5. The molecule has 100 valence electrons. The van der Waals surface area contributed by atoms with Crippen molar-refractivity contribution in [3.63, 3.8) is 0 Å². The van der Waals surface area contributed by atoms with Crippen molar-refractivity contribution in [2.45, 2.75) is 45.4 Å².